The molecule has 68 valence electrons. The molecule has 1 aliphatic rings. The van der Waals surface area contributed by atoms with Crippen molar-refractivity contribution in [2.45, 2.75) is 12.5 Å². The van der Waals surface area contributed by atoms with Gasteiger partial charge in [-0.1, -0.05) is 6.58 Å². The van der Waals surface area contributed by atoms with Crippen LogP contribution in [0.15, 0.2) is 12.7 Å². The van der Waals surface area contributed by atoms with E-state index >= 15 is 0 Å². The fraction of sp³-hybridized carbons (Fsp3) is 0.625. The predicted octanol–water partition coefficient (Wildman–Crippen LogP) is 0.479. The van der Waals surface area contributed by atoms with Gasteiger partial charge in [-0.25, -0.2) is 4.79 Å². The normalized spacial score (nSPS) is 23.2. The van der Waals surface area contributed by atoms with E-state index in [1.54, 1.807) is 0 Å². The third kappa shape index (κ3) is 3.02. The van der Waals surface area contributed by atoms with Crippen LogP contribution in [-0.2, 0) is 19.0 Å². The number of carbonyl (C=O) groups excluding carboxylic acids is 1. The fourth-order valence-electron chi connectivity index (χ4n) is 0.867. The predicted molar refractivity (Wildman–Crippen MR) is 41.5 cm³/mol. The number of hydrogen-bond acceptors (Lipinski definition) is 4. The molecule has 1 saturated heterocycles. The molecule has 1 atom stereocenters. The Morgan fingerprint density at radius 1 is 1.75 bits per heavy atom. The van der Waals surface area contributed by atoms with E-state index < -0.39 is 5.97 Å². The van der Waals surface area contributed by atoms with Crippen molar-refractivity contribution in [2.75, 3.05) is 20.0 Å². The average Bonchev–Trinajstić information content (AvgIpc) is 2.16. The van der Waals surface area contributed by atoms with Gasteiger partial charge in [0.25, 0.3) is 0 Å². The molecule has 0 amide bonds. The smallest absolute Gasteiger partial charge is 0.330 e. The Morgan fingerprint density at radius 3 is 3.17 bits per heavy atom. The highest BCUT2D eigenvalue weighted by Crippen LogP contribution is 2.06. The van der Waals surface area contributed by atoms with Gasteiger partial charge in [0, 0.05) is 12.5 Å². The van der Waals surface area contributed by atoms with Gasteiger partial charge < -0.3 is 14.2 Å². The Hall–Kier alpha value is -0.870. The van der Waals surface area contributed by atoms with Gasteiger partial charge in [-0.2, -0.15) is 0 Å². The van der Waals surface area contributed by atoms with Gasteiger partial charge in [-0.3, -0.25) is 0 Å². The first-order chi connectivity index (χ1) is 5.83. The van der Waals surface area contributed by atoms with Crippen LogP contribution >= 0.6 is 0 Å². The van der Waals surface area contributed by atoms with Crippen molar-refractivity contribution in [3.63, 3.8) is 0 Å². The van der Waals surface area contributed by atoms with Crippen molar-refractivity contribution >= 4 is 5.97 Å². The molecule has 0 aromatic heterocycles. The molecule has 1 aliphatic heterocycles. The molecule has 12 heavy (non-hydrogen) atoms. The zero-order chi connectivity index (χ0) is 8.81. The van der Waals surface area contributed by atoms with E-state index in [0.717, 1.165) is 12.5 Å². The van der Waals surface area contributed by atoms with Gasteiger partial charge in [0.15, 0.2) is 0 Å². The maximum Gasteiger partial charge on any atom is 0.330 e. The van der Waals surface area contributed by atoms with Crippen LogP contribution in [0.1, 0.15) is 6.42 Å². The summed E-state index contributed by atoms with van der Waals surface area (Å²) in [6.45, 7) is 4.52. The van der Waals surface area contributed by atoms with E-state index in [1.165, 1.54) is 0 Å². The van der Waals surface area contributed by atoms with Gasteiger partial charge in [-0.05, 0) is 0 Å². The minimum Gasteiger partial charge on any atom is -0.460 e. The molecule has 0 spiro atoms. The summed E-state index contributed by atoms with van der Waals surface area (Å²) in [6.07, 6.45) is 1.88. The van der Waals surface area contributed by atoms with Crippen LogP contribution in [0.5, 0.6) is 0 Å². The zero-order valence-electron chi connectivity index (χ0n) is 6.82. The van der Waals surface area contributed by atoms with Crippen LogP contribution in [0.3, 0.4) is 0 Å². The second-order valence-electron chi connectivity index (χ2n) is 2.44. The third-order valence-electron chi connectivity index (χ3n) is 1.55. The second-order valence-corrected chi connectivity index (χ2v) is 2.44. The summed E-state index contributed by atoms with van der Waals surface area (Å²) in [6, 6.07) is 0. The van der Waals surface area contributed by atoms with Crippen molar-refractivity contribution in [3.8, 4) is 0 Å². The van der Waals surface area contributed by atoms with E-state index in [0.29, 0.717) is 6.61 Å². The molecule has 0 aromatic carbocycles. The average molecular weight is 172 g/mol. The minimum absolute atomic E-state index is 0.0253. The van der Waals surface area contributed by atoms with Crippen molar-refractivity contribution in [1.82, 2.24) is 0 Å². The SMILES string of the molecule is C=CC(=O)OCC1CCOCO1. The molecule has 0 aliphatic carbocycles. The third-order valence-corrected chi connectivity index (χ3v) is 1.55. The lowest BCUT2D eigenvalue weighted by atomic mass is 10.3. The number of esters is 1. The van der Waals surface area contributed by atoms with Crippen LogP contribution in [0.2, 0.25) is 0 Å². The molecule has 4 heteroatoms. The lowest BCUT2D eigenvalue weighted by molar-refractivity contribution is -0.166. The van der Waals surface area contributed by atoms with Crippen LogP contribution in [0.25, 0.3) is 0 Å². The topological polar surface area (TPSA) is 44.8 Å². The molecule has 1 unspecified atom stereocenters. The van der Waals surface area contributed by atoms with E-state index in [-0.39, 0.29) is 19.5 Å². The Balaban J connectivity index is 2.12. The number of hydrogen-bond donors (Lipinski definition) is 0. The molecule has 0 bridgehead atoms. The van der Waals surface area contributed by atoms with Gasteiger partial charge in [-0.15, -0.1) is 0 Å². The highest BCUT2D eigenvalue weighted by atomic mass is 16.7. The van der Waals surface area contributed by atoms with Gasteiger partial charge in [0.2, 0.25) is 0 Å². The molecule has 0 aromatic rings. The van der Waals surface area contributed by atoms with E-state index in [2.05, 4.69) is 6.58 Å². The molecular weight excluding hydrogens is 160 g/mol. The summed E-state index contributed by atoms with van der Waals surface area (Å²) in [5.74, 6) is -0.412. The molecule has 0 radical (unpaired) electrons. The number of rotatable bonds is 3. The van der Waals surface area contributed by atoms with E-state index in [1.807, 2.05) is 0 Å². The molecule has 0 saturated carbocycles. The molecule has 4 nitrogen and oxygen atoms in total. The highest BCUT2D eigenvalue weighted by Gasteiger charge is 2.15. The molecule has 1 fully saturated rings. The van der Waals surface area contributed by atoms with Crippen molar-refractivity contribution in [2.24, 2.45) is 0 Å². The van der Waals surface area contributed by atoms with E-state index in [4.69, 9.17) is 14.2 Å². The Kier molecular flexibility index (Phi) is 3.76. The summed E-state index contributed by atoms with van der Waals surface area (Å²) in [7, 11) is 0. The first kappa shape index (κ1) is 9.22. The van der Waals surface area contributed by atoms with Crippen LogP contribution in [0, 0.1) is 0 Å². The second kappa shape index (κ2) is 4.90. The maximum absolute atomic E-state index is 10.6. The largest absolute Gasteiger partial charge is 0.460 e. The van der Waals surface area contributed by atoms with Gasteiger partial charge >= 0.3 is 5.97 Å². The van der Waals surface area contributed by atoms with Crippen molar-refractivity contribution in [3.05, 3.63) is 12.7 Å². The summed E-state index contributed by atoms with van der Waals surface area (Å²) >= 11 is 0. The molecule has 0 N–H and O–H groups in total. The molecular formula is C8H12O4. The summed E-state index contributed by atoms with van der Waals surface area (Å²) < 4.78 is 14.9. The van der Waals surface area contributed by atoms with Crippen molar-refractivity contribution in [1.29, 1.82) is 0 Å². The molecule has 1 rings (SSSR count). The fourth-order valence-corrected chi connectivity index (χ4v) is 0.867. The van der Waals surface area contributed by atoms with Crippen molar-refractivity contribution < 1.29 is 19.0 Å². The quantitative estimate of drug-likeness (QED) is 0.458. The van der Waals surface area contributed by atoms with E-state index in [9.17, 15) is 4.79 Å². The first-order valence-electron chi connectivity index (χ1n) is 3.81. The first-order valence-corrected chi connectivity index (χ1v) is 3.81. The molecule has 1 heterocycles. The Labute approximate surface area is 71.1 Å². The lowest BCUT2D eigenvalue weighted by Crippen LogP contribution is -2.28. The highest BCUT2D eigenvalue weighted by molar-refractivity contribution is 5.81. The van der Waals surface area contributed by atoms with Gasteiger partial charge in [0.1, 0.15) is 13.4 Å². The Bertz CT molecular complexity index is 160. The minimum atomic E-state index is -0.412. The van der Waals surface area contributed by atoms with Crippen LogP contribution in [0.4, 0.5) is 0 Å². The summed E-state index contributed by atoms with van der Waals surface area (Å²) in [4.78, 5) is 10.6. The standard InChI is InChI=1S/C8H12O4/c1-2-8(9)11-5-7-3-4-10-6-12-7/h2,7H,1,3-6H2. The van der Waals surface area contributed by atoms with Crippen LogP contribution in [-0.4, -0.2) is 32.1 Å². The summed E-state index contributed by atoms with van der Waals surface area (Å²) in [5.41, 5.74) is 0. The maximum atomic E-state index is 10.6. The lowest BCUT2D eigenvalue weighted by Gasteiger charge is -2.21. The summed E-state index contributed by atoms with van der Waals surface area (Å²) in [5, 5.41) is 0. The monoisotopic (exact) mass is 172 g/mol. The zero-order valence-corrected chi connectivity index (χ0v) is 6.82. The number of carbonyl (C=O) groups is 1. The number of ether oxygens (including phenoxy) is 3. The van der Waals surface area contributed by atoms with Crippen LogP contribution < -0.4 is 0 Å². The Morgan fingerprint density at radius 2 is 2.58 bits per heavy atom. The van der Waals surface area contributed by atoms with Gasteiger partial charge in [0.05, 0.1) is 12.7 Å².